The van der Waals surface area contributed by atoms with Crippen LogP contribution in [0.25, 0.3) is 0 Å². The van der Waals surface area contributed by atoms with Crippen LogP contribution in [-0.4, -0.2) is 29.5 Å². The number of rotatable bonds is 6. The van der Waals surface area contributed by atoms with Crippen LogP contribution in [0.15, 0.2) is 35.1 Å². The van der Waals surface area contributed by atoms with Crippen molar-refractivity contribution in [2.75, 3.05) is 13.7 Å². The number of nitrogens with zero attached hydrogens (tertiary/aromatic N) is 1. The third-order valence-corrected chi connectivity index (χ3v) is 4.39. The quantitative estimate of drug-likeness (QED) is 0.842. The van der Waals surface area contributed by atoms with E-state index in [1.165, 1.54) is 6.07 Å². The van der Waals surface area contributed by atoms with Crippen molar-refractivity contribution in [3.63, 3.8) is 0 Å². The molecule has 0 aliphatic heterocycles. The lowest BCUT2D eigenvalue weighted by Crippen LogP contribution is -2.36. The maximum atomic E-state index is 12.6. The molecule has 1 aliphatic rings. The molecule has 2 aromatic rings. The third-order valence-electron chi connectivity index (χ3n) is 4.39. The zero-order chi connectivity index (χ0) is 17.2. The van der Waals surface area contributed by atoms with Gasteiger partial charge in [0.25, 0.3) is 5.56 Å². The van der Waals surface area contributed by atoms with Gasteiger partial charge in [0.15, 0.2) is 0 Å². The van der Waals surface area contributed by atoms with Crippen LogP contribution in [0.5, 0.6) is 5.75 Å². The molecule has 1 fully saturated rings. The lowest BCUT2D eigenvalue weighted by atomic mass is 9.95. The summed E-state index contributed by atoms with van der Waals surface area (Å²) in [4.78, 5) is 30.9. The smallest absolute Gasteiger partial charge is 0.251 e. The zero-order valence-corrected chi connectivity index (χ0v) is 13.9. The van der Waals surface area contributed by atoms with Crippen molar-refractivity contribution in [2.24, 2.45) is 0 Å². The standard InChI is InChI=1S/C18H21N3O3/c1-12-11-16(22)21-15(20-12)7-10-19-17(23)18(8-9-18)13-3-5-14(24-2)6-4-13/h3-6,11H,7-10H2,1-2H3,(H,19,23)(H,20,21,22). The average molecular weight is 327 g/mol. The fraction of sp³-hybridized carbons (Fsp3) is 0.389. The van der Waals surface area contributed by atoms with Crippen molar-refractivity contribution >= 4 is 5.91 Å². The van der Waals surface area contributed by atoms with Crippen molar-refractivity contribution < 1.29 is 9.53 Å². The third kappa shape index (κ3) is 3.32. The van der Waals surface area contributed by atoms with Gasteiger partial charge in [-0.1, -0.05) is 12.1 Å². The number of nitrogens with one attached hydrogen (secondary N) is 2. The molecule has 1 aromatic heterocycles. The van der Waals surface area contributed by atoms with E-state index in [0.29, 0.717) is 24.5 Å². The number of aromatic amines is 1. The monoisotopic (exact) mass is 327 g/mol. The van der Waals surface area contributed by atoms with Crippen molar-refractivity contribution in [2.45, 2.75) is 31.6 Å². The molecule has 1 aromatic carbocycles. The van der Waals surface area contributed by atoms with Gasteiger partial charge >= 0.3 is 0 Å². The van der Waals surface area contributed by atoms with Gasteiger partial charge in [-0.25, -0.2) is 4.98 Å². The second kappa shape index (κ2) is 6.47. The first-order valence-electron chi connectivity index (χ1n) is 8.03. The molecular weight excluding hydrogens is 306 g/mol. The minimum atomic E-state index is -0.417. The van der Waals surface area contributed by atoms with Gasteiger partial charge in [-0.05, 0) is 37.5 Å². The summed E-state index contributed by atoms with van der Waals surface area (Å²) < 4.78 is 5.16. The van der Waals surface area contributed by atoms with Crippen molar-refractivity contribution in [1.82, 2.24) is 15.3 Å². The Kier molecular flexibility index (Phi) is 4.38. The number of amides is 1. The Bertz CT molecular complexity index is 792. The maximum absolute atomic E-state index is 12.6. The Morgan fingerprint density at radius 1 is 1.33 bits per heavy atom. The number of aromatic nitrogens is 2. The van der Waals surface area contributed by atoms with Crippen LogP contribution in [0.1, 0.15) is 29.9 Å². The summed E-state index contributed by atoms with van der Waals surface area (Å²) in [7, 11) is 1.62. The van der Waals surface area contributed by atoms with Crippen molar-refractivity contribution in [1.29, 1.82) is 0 Å². The number of hydrogen-bond donors (Lipinski definition) is 2. The number of methoxy groups -OCH3 is 1. The highest BCUT2D eigenvalue weighted by Crippen LogP contribution is 2.48. The first kappa shape index (κ1) is 16.2. The van der Waals surface area contributed by atoms with E-state index in [-0.39, 0.29) is 11.5 Å². The number of aryl methyl sites for hydroxylation is 1. The number of ether oxygens (including phenoxy) is 1. The predicted octanol–water partition coefficient (Wildman–Crippen LogP) is 1.48. The average Bonchev–Trinajstić information content (AvgIpc) is 3.36. The summed E-state index contributed by atoms with van der Waals surface area (Å²) in [5, 5.41) is 2.97. The van der Waals surface area contributed by atoms with E-state index < -0.39 is 5.41 Å². The van der Waals surface area contributed by atoms with E-state index in [4.69, 9.17) is 4.74 Å². The normalized spacial score (nSPS) is 14.9. The molecule has 0 radical (unpaired) electrons. The highest BCUT2D eigenvalue weighted by atomic mass is 16.5. The second-order valence-electron chi connectivity index (χ2n) is 6.15. The van der Waals surface area contributed by atoms with Crippen LogP contribution in [0.4, 0.5) is 0 Å². The minimum absolute atomic E-state index is 0.0302. The van der Waals surface area contributed by atoms with Crippen LogP contribution in [-0.2, 0) is 16.6 Å². The van der Waals surface area contributed by atoms with Gasteiger partial charge in [0.2, 0.25) is 5.91 Å². The number of carbonyl (C=O) groups is 1. The number of H-pyrrole nitrogens is 1. The van der Waals surface area contributed by atoms with Gasteiger partial charge in [-0.15, -0.1) is 0 Å². The van der Waals surface area contributed by atoms with Gasteiger partial charge < -0.3 is 15.0 Å². The van der Waals surface area contributed by atoms with Gasteiger partial charge in [-0.2, -0.15) is 0 Å². The van der Waals surface area contributed by atoms with E-state index in [2.05, 4.69) is 15.3 Å². The maximum Gasteiger partial charge on any atom is 0.251 e. The number of hydrogen-bond acceptors (Lipinski definition) is 4. The van der Waals surface area contributed by atoms with Crippen molar-refractivity contribution in [3.8, 4) is 5.75 Å². The number of benzene rings is 1. The minimum Gasteiger partial charge on any atom is -0.497 e. The Balaban J connectivity index is 1.61. The molecular formula is C18H21N3O3. The second-order valence-corrected chi connectivity index (χ2v) is 6.15. The molecule has 1 aliphatic carbocycles. The molecule has 1 amide bonds. The summed E-state index contributed by atoms with van der Waals surface area (Å²) in [6.07, 6.45) is 2.21. The van der Waals surface area contributed by atoms with E-state index in [0.717, 1.165) is 24.2 Å². The van der Waals surface area contributed by atoms with Crippen molar-refractivity contribution in [3.05, 3.63) is 57.8 Å². The van der Waals surface area contributed by atoms with Crippen LogP contribution in [0.3, 0.4) is 0 Å². The molecule has 0 spiro atoms. The fourth-order valence-electron chi connectivity index (χ4n) is 2.91. The molecule has 1 heterocycles. The topological polar surface area (TPSA) is 84.1 Å². The highest BCUT2D eigenvalue weighted by Gasteiger charge is 2.50. The van der Waals surface area contributed by atoms with Crippen LogP contribution in [0, 0.1) is 6.92 Å². The van der Waals surface area contributed by atoms with E-state index in [1.54, 1.807) is 14.0 Å². The largest absolute Gasteiger partial charge is 0.497 e. The van der Waals surface area contributed by atoms with Gasteiger partial charge in [0.1, 0.15) is 11.6 Å². The molecule has 126 valence electrons. The van der Waals surface area contributed by atoms with E-state index >= 15 is 0 Å². The van der Waals surface area contributed by atoms with Gasteiger partial charge in [0, 0.05) is 24.7 Å². The molecule has 6 heteroatoms. The molecule has 24 heavy (non-hydrogen) atoms. The Morgan fingerprint density at radius 2 is 2.04 bits per heavy atom. The first-order valence-corrected chi connectivity index (χ1v) is 8.03. The molecule has 6 nitrogen and oxygen atoms in total. The lowest BCUT2D eigenvalue weighted by molar-refractivity contribution is -0.123. The predicted molar refractivity (Wildman–Crippen MR) is 90.2 cm³/mol. The molecule has 0 bridgehead atoms. The van der Waals surface area contributed by atoms with E-state index in [9.17, 15) is 9.59 Å². The summed E-state index contributed by atoms with van der Waals surface area (Å²) in [6, 6.07) is 9.11. The molecule has 1 saturated carbocycles. The Labute approximate surface area is 140 Å². The summed E-state index contributed by atoms with van der Waals surface area (Å²) in [5.41, 5.74) is 1.11. The SMILES string of the molecule is COc1ccc(C2(C(=O)NCCc3nc(C)cc(=O)[nH]3)CC2)cc1. The highest BCUT2D eigenvalue weighted by molar-refractivity contribution is 5.91. The first-order chi connectivity index (χ1) is 11.5. The summed E-state index contributed by atoms with van der Waals surface area (Å²) in [6.45, 7) is 2.23. The van der Waals surface area contributed by atoms with Crippen LogP contribution < -0.4 is 15.6 Å². The van der Waals surface area contributed by atoms with E-state index in [1.807, 2.05) is 24.3 Å². The fourth-order valence-corrected chi connectivity index (χ4v) is 2.91. The Morgan fingerprint density at radius 3 is 2.62 bits per heavy atom. The lowest BCUT2D eigenvalue weighted by Gasteiger charge is -2.16. The summed E-state index contributed by atoms with van der Waals surface area (Å²) >= 11 is 0. The molecule has 2 N–H and O–H groups in total. The molecule has 0 unspecified atom stereocenters. The Hall–Kier alpha value is -2.63. The van der Waals surface area contributed by atoms with Crippen LogP contribution in [0.2, 0.25) is 0 Å². The number of carbonyl (C=O) groups excluding carboxylic acids is 1. The van der Waals surface area contributed by atoms with Gasteiger partial charge in [-0.3, -0.25) is 9.59 Å². The molecule has 3 rings (SSSR count). The van der Waals surface area contributed by atoms with Gasteiger partial charge in [0.05, 0.1) is 12.5 Å². The zero-order valence-electron chi connectivity index (χ0n) is 13.9. The van der Waals surface area contributed by atoms with Crippen LogP contribution >= 0.6 is 0 Å². The molecule has 0 atom stereocenters. The molecule has 0 saturated heterocycles. The summed E-state index contributed by atoms with van der Waals surface area (Å²) in [5.74, 6) is 1.40.